The Kier molecular flexibility index (Phi) is 4.28. The molecule has 1 aromatic heterocycles. The molecule has 0 radical (unpaired) electrons. The molecule has 2 heterocycles. The summed E-state index contributed by atoms with van der Waals surface area (Å²) in [5.74, 6) is 0. The van der Waals surface area contributed by atoms with Crippen molar-refractivity contribution in [1.29, 1.82) is 0 Å². The molecule has 0 aliphatic carbocycles. The van der Waals surface area contributed by atoms with Crippen LogP contribution in [0, 0.1) is 6.92 Å². The van der Waals surface area contributed by atoms with Crippen molar-refractivity contribution in [3.8, 4) is 0 Å². The third-order valence-corrected chi connectivity index (χ3v) is 5.04. The largest absolute Gasteiger partial charge is 0.345 e. The first kappa shape index (κ1) is 15.6. The standard InChI is InChI=1S/C19H29N3/c1-6-20-13(3)8-17-14(4)22(7-2)19-10-16-12-21(5)11-15(16)9-18(17)19/h9-10,13,20H,6-8,11-12H2,1-5H3. The van der Waals surface area contributed by atoms with Gasteiger partial charge < -0.3 is 9.88 Å². The zero-order valence-electron chi connectivity index (χ0n) is 14.7. The number of nitrogens with one attached hydrogen (secondary N) is 1. The first-order chi connectivity index (χ1) is 10.5. The van der Waals surface area contributed by atoms with Gasteiger partial charge in [0.25, 0.3) is 0 Å². The van der Waals surface area contributed by atoms with E-state index >= 15 is 0 Å². The van der Waals surface area contributed by atoms with Crippen molar-refractivity contribution >= 4 is 10.9 Å². The first-order valence-corrected chi connectivity index (χ1v) is 8.60. The van der Waals surface area contributed by atoms with E-state index in [1.807, 2.05) is 0 Å². The molecule has 0 fully saturated rings. The van der Waals surface area contributed by atoms with Crippen molar-refractivity contribution < 1.29 is 0 Å². The normalized spacial score (nSPS) is 16.4. The SMILES string of the molecule is CCNC(C)Cc1c(C)n(CC)c2cc3c(cc12)CN(C)C3. The third kappa shape index (κ3) is 2.57. The summed E-state index contributed by atoms with van der Waals surface area (Å²) in [6, 6.07) is 5.42. The van der Waals surface area contributed by atoms with Gasteiger partial charge in [-0.05, 0) is 69.6 Å². The lowest BCUT2D eigenvalue weighted by atomic mass is 10.0. The van der Waals surface area contributed by atoms with Crippen LogP contribution in [0.25, 0.3) is 10.9 Å². The maximum Gasteiger partial charge on any atom is 0.0488 e. The number of aromatic nitrogens is 1. The van der Waals surface area contributed by atoms with E-state index in [4.69, 9.17) is 0 Å². The van der Waals surface area contributed by atoms with Crippen LogP contribution in [0.4, 0.5) is 0 Å². The van der Waals surface area contributed by atoms with Gasteiger partial charge in [-0.1, -0.05) is 6.92 Å². The minimum Gasteiger partial charge on any atom is -0.345 e. The van der Waals surface area contributed by atoms with Gasteiger partial charge in [0.15, 0.2) is 0 Å². The number of nitrogens with zero attached hydrogens (tertiary/aromatic N) is 2. The Morgan fingerprint density at radius 1 is 1.18 bits per heavy atom. The summed E-state index contributed by atoms with van der Waals surface area (Å²) >= 11 is 0. The van der Waals surface area contributed by atoms with E-state index < -0.39 is 0 Å². The molecule has 3 heteroatoms. The van der Waals surface area contributed by atoms with Crippen LogP contribution in [-0.2, 0) is 26.1 Å². The molecular weight excluding hydrogens is 270 g/mol. The van der Waals surface area contributed by atoms with Crippen LogP contribution in [0.5, 0.6) is 0 Å². The number of rotatable bonds is 5. The highest BCUT2D eigenvalue weighted by Crippen LogP contribution is 2.33. The Morgan fingerprint density at radius 2 is 1.86 bits per heavy atom. The summed E-state index contributed by atoms with van der Waals surface area (Å²) < 4.78 is 2.49. The van der Waals surface area contributed by atoms with Crippen LogP contribution >= 0.6 is 0 Å². The maximum atomic E-state index is 3.56. The van der Waals surface area contributed by atoms with Crippen LogP contribution < -0.4 is 5.32 Å². The molecule has 0 spiro atoms. The number of hydrogen-bond donors (Lipinski definition) is 1. The second kappa shape index (κ2) is 6.05. The van der Waals surface area contributed by atoms with E-state index in [1.165, 1.54) is 33.3 Å². The van der Waals surface area contributed by atoms with Crippen LogP contribution in [-0.4, -0.2) is 29.1 Å². The monoisotopic (exact) mass is 299 g/mol. The molecule has 3 nitrogen and oxygen atoms in total. The van der Waals surface area contributed by atoms with Crippen LogP contribution in [0.1, 0.15) is 43.2 Å². The maximum absolute atomic E-state index is 3.56. The van der Waals surface area contributed by atoms with E-state index in [2.05, 4.69) is 61.7 Å². The second-order valence-corrected chi connectivity index (χ2v) is 6.78. The van der Waals surface area contributed by atoms with Crippen LogP contribution in [0.15, 0.2) is 12.1 Å². The fourth-order valence-corrected chi connectivity index (χ4v) is 4.00. The van der Waals surface area contributed by atoms with Crippen LogP contribution in [0.2, 0.25) is 0 Å². The average Bonchev–Trinajstić information content (AvgIpc) is 2.94. The molecule has 22 heavy (non-hydrogen) atoms. The molecule has 1 atom stereocenters. The zero-order valence-corrected chi connectivity index (χ0v) is 14.7. The lowest BCUT2D eigenvalue weighted by Gasteiger charge is -2.13. The molecule has 1 unspecified atom stereocenters. The van der Waals surface area contributed by atoms with Gasteiger partial charge in [0.1, 0.15) is 0 Å². The highest BCUT2D eigenvalue weighted by molar-refractivity contribution is 5.87. The van der Waals surface area contributed by atoms with E-state index in [0.29, 0.717) is 6.04 Å². The van der Waals surface area contributed by atoms with Crippen molar-refractivity contribution in [2.45, 2.75) is 59.8 Å². The van der Waals surface area contributed by atoms with E-state index in [1.54, 1.807) is 0 Å². The van der Waals surface area contributed by atoms with Gasteiger partial charge >= 0.3 is 0 Å². The van der Waals surface area contributed by atoms with Crippen molar-refractivity contribution in [3.05, 3.63) is 34.5 Å². The van der Waals surface area contributed by atoms with Crippen molar-refractivity contribution in [2.24, 2.45) is 0 Å². The topological polar surface area (TPSA) is 20.2 Å². The lowest BCUT2D eigenvalue weighted by molar-refractivity contribution is 0.353. The van der Waals surface area contributed by atoms with Gasteiger partial charge in [-0.2, -0.15) is 0 Å². The summed E-state index contributed by atoms with van der Waals surface area (Å²) in [6.45, 7) is 13.3. The average molecular weight is 299 g/mol. The van der Waals surface area contributed by atoms with Gasteiger partial charge in [0, 0.05) is 42.3 Å². The van der Waals surface area contributed by atoms with Crippen molar-refractivity contribution in [2.75, 3.05) is 13.6 Å². The fraction of sp³-hybridized carbons (Fsp3) is 0.579. The van der Waals surface area contributed by atoms with Gasteiger partial charge in [0.2, 0.25) is 0 Å². The highest BCUT2D eigenvalue weighted by atomic mass is 15.1. The molecule has 1 aliphatic rings. The van der Waals surface area contributed by atoms with E-state index in [-0.39, 0.29) is 0 Å². The number of hydrogen-bond acceptors (Lipinski definition) is 2. The molecule has 1 N–H and O–H groups in total. The summed E-state index contributed by atoms with van der Waals surface area (Å²) in [4.78, 5) is 2.40. The van der Waals surface area contributed by atoms with E-state index in [9.17, 15) is 0 Å². The van der Waals surface area contributed by atoms with Gasteiger partial charge in [0.05, 0.1) is 0 Å². The third-order valence-electron chi connectivity index (χ3n) is 5.04. The summed E-state index contributed by atoms with van der Waals surface area (Å²) in [6.07, 6.45) is 1.11. The molecule has 2 aromatic rings. The Balaban J connectivity index is 2.11. The lowest BCUT2D eigenvalue weighted by Crippen LogP contribution is -2.27. The minimum atomic E-state index is 0.524. The second-order valence-electron chi connectivity index (χ2n) is 6.78. The molecule has 3 rings (SSSR count). The molecule has 120 valence electrons. The molecule has 0 amide bonds. The predicted molar refractivity (Wildman–Crippen MR) is 94.4 cm³/mol. The van der Waals surface area contributed by atoms with Gasteiger partial charge in [-0.15, -0.1) is 0 Å². The van der Waals surface area contributed by atoms with Crippen LogP contribution in [0.3, 0.4) is 0 Å². The Hall–Kier alpha value is -1.32. The van der Waals surface area contributed by atoms with Gasteiger partial charge in [-0.3, -0.25) is 4.90 Å². The zero-order chi connectivity index (χ0) is 15.9. The number of aryl methyl sites for hydroxylation is 1. The highest BCUT2D eigenvalue weighted by Gasteiger charge is 2.21. The molecule has 1 aromatic carbocycles. The molecule has 0 bridgehead atoms. The molecular formula is C19H29N3. The summed E-state index contributed by atoms with van der Waals surface area (Å²) in [5, 5.41) is 5.03. The minimum absolute atomic E-state index is 0.524. The Bertz CT molecular complexity index is 684. The summed E-state index contributed by atoms with van der Waals surface area (Å²) in [7, 11) is 2.21. The van der Waals surface area contributed by atoms with Crippen molar-refractivity contribution in [3.63, 3.8) is 0 Å². The molecule has 1 aliphatic heterocycles. The number of likely N-dealkylation sites (N-methyl/N-ethyl adjacent to an activating group) is 1. The van der Waals surface area contributed by atoms with Crippen molar-refractivity contribution in [1.82, 2.24) is 14.8 Å². The predicted octanol–water partition coefficient (Wildman–Crippen LogP) is 3.46. The van der Waals surface area contributed by atoms with Gasteiger partial charge in [-0.25, -0.2) is 0 Å². The fourth-order valence-electron chi connectivity index (χ4n) is 4.00. The Labute approximate surface area is 134 Å². The molecule has 0 saturated carbocycles. The Morgan fingerprint density at radius 3 is 2.50 bits per heavy atom. The quantitative estimate of drug-likeness (QED) is 0.912. The molecule has 0 saturated heterocycles. The van der Waals surface area contributed by atoms with E-state index in [0.717, 1.165) is 32.6 Å². The first-order valence-electron chi connectivity index (χ1n) is 8.60. The summed E-state index contributed by atoms with van der Waals surface area (Å²) in [5.41, 5.74) is 7.42. The number of benzene rings is 1. The smallest absolute Gasteiger partial charge is 0.0488 e. The number of fused-ring (bicyclic) bond motifs is 2.